The van der Waals surface area contributed by atoms with E-state index in [0.717, 1.165) is 27.8 Å². The molecule has 0 bridgehead atoms. The molecule has 1 aromatic heterocycles. The summed E-state index contributed by atoms with van der Waals surface area (Å²) in [6.45, 7) is 2.50. The van der Waals surface area contributed by atoms with Crippen LogP contribution in [-0.4, -0.2) is 4.98 Å². The largest absolute Gasteiger partial charge is 0.489 e. The van der Waals surface area contributed by atoms with Crippen molar-refractivity contribution in [1.29, 1.82) is 0 Å². The Morgan fingerprint density at radius 3 is 2.52 bits per heavy atom. The molecule has 0 aliphatic heterocycles. The zero-order valence-corrected chi connectivity index (χ0v) is 13.7. The van der Waals surface area contributed by atoms with E-state index in [1.165, 1.54) is 0 Å². The fraction of sp³-hybridized carbons (Fsp3) is 0.167. The maximum absolute atomic E-state index is 5.82. The lowest BCUT2D eigenvalue weighted by Gasteiger charge is -2.08. The summed E-state index contributed by atoms with van der Waals surface area (Å²) < 4.78 is 5.78. The van der Waals surface area contributed by atoms with Crippen LogP contribution in [0.3, 0.4) is 0 Å². The molecule has 3 N–H and O–H groups in total. The molecule has 5 heteroatoms. The SMILES string of the molecule is CC(N)c1csc(Nc2ccc(OCc3ccccc3)cc2)n1. The Labute approximate surface area is 140 Å². The maximum atomic E-state index is 5.82. The Morgan fingerprint density at radius 1 is 1.13 bits per heavy atom. The molecule has 0 saturated carbocycles. The molecule has 0 spiro atoms. The van der Waals surface area contributed by atoms with E-state index in [2.05, 4.69) is 22.4 Å². The zero-order chi connectivity index (χ0) is 16.1. The molecule has 0 amide bonds. The van der Waals surface area contributed by atoms with E-state index in [4.69, 9.17) is 10.5 Å². The van der Waals surface area contributed by atoms with Gasteiger partial charge in [-0.3, -0.25) is 0 Å². The monoisotopic (exact) mass is 325 g/mol. The number of aromatic nitrogens is 1. The molecule has 1 heterocycles. The van der Waals surface area contributed by atoms with Gasteiger partial charge in [0.1, 0.15) is 12.4 Å². The summed E-state index contributed by atoms with van der Waals surface area (Å²) in [6.07, 6.45) is 0. The summed E-state index contributed by atoms with van der Waals surface area (Å²) in [5.74, 6) is 0.842. The molecule has 3 aromatic rings. The highest BCUT2D eigenvalue weighted by atomic mass is 32.1. The molecule has 23 heavy (non-hydrogen) atoms. The van der Waals surface area contributed by atoms with Crippen LogP contribution < -0.4 is 15.8 Å². The number of nitrogens with one attached hydrogen (secondary N) is 1. The smallest absolute Gasteiger partial charge is 0.187 e. The Hall–Kier alpha value is -2.37. The van der Waals surface area contributed by atoms with Crippen LogP contribution in [0.5, 0.6) is 5.75 Å². The number of hydrogen-bond donors (Lipinski definition) is 2. The van der Waals surface area contributed by atoms with E-state index in [1.807, 2.05) is 54.8 Å². The Morgan fingerprint density at radius 2 is 1.87 bits per heavy atom. The minimum Gasteiger partial charge on any atom is -0.489 e. The Balaban J connectivity index is 1.58. The first-order valence-corrected chi connectivity index (χ1v) is 8.33. The number of ether oxygens (including phenoxy) is 1. The molecule has 118 valence electrons. The second-order valence-electron chi connectivity index (χ2n) is 5.29. The molecule has 1 atom stereocenters. The summed E-state index contributed by atoms with van der Waals surface area (Å²) >= 11 is 1.55. The van der Waals surface area contributed by atoms with Crippen LogP contribution in [0.1, 0.15) is 24.2 Å². The van der Waals surface area contributed by atoms with Gasteiger partial charge in [0.25, 0.3) is 0 Å². The van der Waals surface area contributed by atoms with Gasteiger partial charge in [-0.25, -0.2) is 4.98 Å². The van der Waals surface area contributed by atoms with Crippen molar-refractivity contribution in [3.05, 3.63) is 71.2 Å². The predicted molar refractivity (Wildman–Crippen MR) is 95.2 cm³/mol. The lowest BCUT2D eigenvalue weighted by Crippen LogP contribution is -2.05. The van der Waals surface area contributed by atoms with Crippen molar-refractivity contribution in [2.45, 2.75) is 19.6 Å². The fourth-order valence-corrected chi connectivity index (χ4v) is 2.89. The van der Waals surface area contributed by atoms with Crippen LogP contribution in [0.25, 0.3) is 0 Å². The molecule has 0 radical (unpaired) electrons. The Kier molecular flexibility index (Phi) is 4.90. The van der Waals surface area contributed by atoms with Crippen LogP contribution in [0, 0.1) is 0 Å². The standard InChI is InChI=1S/C18H19N3OS/c1-13(19)17-12-23-18(21-17)20-15-7-9-16(10-8-15)22-11-14-5-3-2-4-6-14/h2-10,12-13H,11,19H2,1H3,(H,20,21). The van der Waals surface area contributed by atoms with Crippen molar-refractivity contribution >= 4 is 22.2 Å². The third-order valence-corrected chi connectivity index (χ3v) is 4.12. The lowest BCUT2D eigenvalue weighted by molar-refractivity contribution is 0.306. The maximum Gasteiger partial charge on any atom is 0.187 e. The molecule has 0 saturated heterocycles. The van der Waals surface area contributed by atoms with Crippen molar-refractivity contribution in [1.82, 2.24) is 4.98 Å². The van der Waals surface area contributed by atoms with E-state index in [1.54, 1.807) is 11.3 Å². The number of nitrogens with zero attached hydrogens (tertiary/aromatic N) is 1. The minimum atomic E-state index is -0.0458. The van der Waals surface area contributed by atoms with Crippen LogP contribution in [0.15, 0.2) is 60.0 Å². The van der Waals surface area contributed by atoms with Crippen molar-refractivity contribution in [3.8, 4) is 5.75 Å². The van der Waals surface area contributed by atoms with E-state index < -0.39 is 0 Å². The van der Waals surface area contributed by atoms with Gasteiger partial charge in [0.2, 0.25) is 0 Å². The van der Waals surface area contributed by atoms with Gasteiger partial charge in [0, 0.05) is 17.1 Å². The molecular formula is C18H19N3OS. The van der Waals surface area contributed by atoms with E-state index in [-0.39, 0.29) is 6.04 Å². The molecule has 4 nitrogen and oxygen atoms in total. The van der Waals surface area contributed by atoms with Gasteiger partial charge in [-0.15, -0.1) is 11.3 Å². The zero-order valence-electron chi connectivity index (χ0n) is 12.9. The second kappa shape index (κ2) is 7.26. The number of rotatable bonds is 6. The molecule has 3 rings (SSSR count). The number of nitrogens with two attached hydrogens (primary N) is 1. The number of hydrogen-bond acceptors (Lipinski definition) is 5. The molecule has 0 aliphatic rings. The summed E-state index contributed by atoms with van der Waals surface area (Å²) in [5, 5.41) is 6.10. The van der Waals surface area contributed by atoms with E-state index >= 15 is 0 Å². The first-order chi connectivity index (χ1) is 11.2. The second-order valence-corrected chi connectivity index (χ2v) is 6.15. The molecule has 0 fully saturated rings. The molecule has 1 unspecified atom stereocenters. The molecular weight excluding hydrogens is 306 g/mol. The number of anilines is 2. The van der Waals surface area contributed by atoms with Crippen LogP contribution >= 0.6 is 11.3 Å². The summed E-state index contributed by atoms with van der Waals surface area (Å²) in [7, 11) is 0. The first-order valence-electron chi connectivity index (χ1n) is 7.45. The highest BCUT2D eigenvalue weighted by molar-refractivity contribution is 7.13. The van der Waals surface area contributed by atoms with Crippen LogP contribution in [0.4, 0.5) is 10.8 Å². The quantitative estimate of drug-likeness (QED) is 0.701. The normalized spacial score (nSPS) is 11.9. The molecule has 0 aliphatic carbocycles. The van der Waals surface area contributed by atoms with Gasteiger partial charge in [0.05, 0.1) is 5.69 Å². The third kappa shape index (κ3) is 4.31. The summed E-state index contributed by atoms with van der Waals surface area (Å²) in [6, 6.07) is 17.9. The Bertz CT molecular complexity index is 738. The van der Waals surface area contributed by atoms with Crippen LogP contribution in [-0.2, 0) is 6.61 Å². The van der Waals surface area contributed by atoms with Gasteiger partial charge < -0.3 is 15.8 Å². The highest BCUT2D eigenvalue weighted by Crippen LogP contribution is 2.24. The van der Waals surface area contributed by atoms with Crippen molar-refractivity contribution in [2.75, 3.05) is 5.32 Å². The highest BCUT2D eigenvalue weighted by Gasteiger charge is 2.06. The van der Waals surface area contributed by atoms with Gasteiger partial charge in [-0.1, -0.05) is 30.3 Å². The van der Waals surface area contributed by atoms with Crippen molar-refractivity contribution < 1.29 is 4.74 Å². The third-order valence-electron chi connectivity index (χ3n) is 3.34. The lowest BCUT2D eigenvalue weighted by atomic mass is 10.2. The molecule has 2 aromatic carbocycles. The average Bonchev–Trinajstić information content (AvgIpc) is 3.04. The minimum absolute atomic E-state index is 0.0458. The first kappa shape index (κ1) is 15.5. The van der Waals surface area contributed by atoms with E-state index in [0.29, 0.717) is 6.61 Å². The van der Waals surface area contributed by atoms with Gasteiger partial charge in [-0.05, 0) is 36.8 Å². The van der Waals surface area contributed by atoms with Crippen molar-refractivity contribution in [2.24, 2.45) is 5.73 Å². The van der Waals surface area contributed by atoms with Crippen LogP contribution in [0.2, 0.25) is 0 Å². The number of thiazole rings is 1. The summed E-state index contributed by atoms with van der Waals surface area (Å²) in [4.78, 5) is 4.45. The van der Waals surface area contributed by atoms with Gasteiger partial charge >= 0.3 is 0 Å². The van der Waals surface area contributed by atoms with Gasteiger partial charge in [-0.2, -0.15) is 0 Å². The van der Waals surface area contributed by atoms with Gasteiger partial charge in [0.15, 0.2) is 5.13 Å². The average molecular weight is 325 g/mol. The van der Waals surface area contributed by atoms with E-state index in [9.17, 15) is 0 Å². The fourth-order valence-electron chi connectivity index (χ4n) is 2.05. The summed E-state index contributed by atoms with van der Waals surface area (Å²) in [5.41, 5.74) is 8.85. The predicted octanol–water partition coefficient (Wildman–Crippen LogP) is 4.49. The number of benzene rings is 2. The van der Waals surface area contributed by atoms with Crippen molar-refractivity contribution in [3.63, 3.8) is 0 Å². The topological polar surface area (TPSA) is 60.2 Å².